The molecule has 2 aromatic heterocycles. The Labute approximate surface area is 145 Å². The van der Waals surface area contributed by atoms with Gasteiger partial charge in [0.25, 0.3) is 5.56 Å². The average Bonchev–Trinajstić information content (AvgIpc) is 2.89. The summed E-state index contributed by atoms with van der Waals surface area (Å²) < 4.78 is 2.30. The van der Waals surface area contributed by atoms with Crippen molar-refractivity contribution in [2.45, 2.75) is 38.3 Å². The van der Waals surface area contributed by atoms with Crippen molar-refractivity contribution < 1.29 is 4.79 Å². The van der Waals surface area contributed by atoms with Crippen LogP contribution in [0.3, 0.4) is 0 Å². The molecule has 1 aliphatic heterocycles. The molecule has 0 aliphatic carbocycles. The van der Waals surface area contributed by atoms with Crippen LogP contribution in [-0.4, -0.2) is 31.5 Å². The number of rotatable bonds is 3. The van der Waals surface area contributed by atoms with E-state index in [2.05, 4.69) is 4.98 Å². The predicted molar refractivity (Wildman–Crippen MR) is 93.1 cm³/mol. The third kappa shape index (κ3) is 3.70. The maximum atomic E-state index is 12.9. The van der Waals surface area contributed by atoms with Crippen molar-refractivity contribution in [3.8, 4) is 0 Å². The molecule has 3 rings (SSSR count). The number of carbonyl (C=O) groups excluding carboxylic acids is 1. The normalized spacial score (nSPS) is 18.0. The SMILES string of the molecule is Cn1c(=O)ccn(CC(=O)N2CCCCCC2c2ccncc2)c1=O. The van der Waals surface area contributed by atoms with E-state index in [-0.39, 0.29) is 24.1 Å². The van der Waals surface area contributed by atoms with Gasteiger partial charge >= 0.3 is 5.69 Å². The van der Waals surface area contributed by atoms with Gasteiger partial charge in [-0.25, -0.2) is 4.79 Å². The van der Waals surface area contributed by atoms with Crippen LogP contribution in [-0.2, 0) is 18.4 Å². The summed E-state index contributed by atoms with van der Waals surface area (Å²) in [7, 11) is 1.41. The summed E-state index contributed by atoms with van der Waals surface area (Å²) in [5.74, 6) is -0.107. The molecule has 0 N–H and O–H groups in total. The molecule has 132 valence electrons. The molecule has 3 heterocycles. The van der Waals surface area contributed by atoms with E-state index in [0.29, 0.717) is 6.54 Å². The van der Waals surface area contributed by atoms with Crippen molar-refractivity contribution in [3.63, 3.8) is 0 Å². The number of nitrogens with zero attached hydrogens (tertiary/aromatic N) is 4. The summed E-state index contributed by atoms with van der Waals surface area (Å²) >= 11 is 0. The van der Waals surface area contributed by atoms with Crippen molar-refractivity contribution in [3.05, 3.63) is 63.2 Å². The van der Waals surface area contributed by atoms with Gasteiger partial charge in [0.1, 0.15) is 6.54 Å². The number of hydrogen-bond acceptors (Lipinski definition) is 4. The Morgan fingerprint density at radius 3 is 2.68 bits per heavy atom. The van der Waals surface area contributed by atoms with Gasteiger partial charge in [-0.15, -0.1) is 0 Å². The van der Waals surface area contributed by atoms with Crippen LogP contribution in [0, 0.1) is 0 Å². The summed E-state index contributed by atoms with van der Waals surface area (Å²) in [6.45, 7) is 0.612. The quantitative estimate of drug-likeness (QED) is 0.836. The van der Waals surface area contributed by atoms with Gasteiger partial charge in [0.05, 0.1) is 6.04 Å². The zero-order valence-electron chi connectivity index (χ0n) is 14.3. The monoisotopic (exact) mass is 342 g/mol. The lowest BCUT2D eigenvalue weighted by Gasteiger charge is -2.30. The van der Waals surface area contributed by atoms with Crippen LogP contribution in [0.25, 0.3) is 0 Å². The van der Waals surface area contributed by atoms with Crippen molar-refractivity contribution in [2.75, 3.05) is 6.54 Å². The molecule has 1 atom stereocenters. The largest absolute Gasteiger partial charge is 0.334 e. The van der Waals surface area contributed by atoms with Crippen LogP contribution in [0.5, 0.6) is 0 Å². The summed E-state index contributed by atoms with van der Waals surface area (Å²) in [6.07, 6.45) is 8.87. The molecule has 2 aromatic rings. The van der Waals surface area contributed by atoms with E-state index in [4.69, 9.17) is 0 Å². The molecule has 0 saturated carbocycles. The first-order valence-corrected chi connectivity index (χ1v) is 8.54. The summed E-state index contributed by atoms with van der Waals surface area (Å²) in [5, 5.41) is 0. The van der Waals surface area contributed by atoms with Gasteiger partial charge in [-0.3, -0.25) is 23.7 Å². The van der Waals surface area contributed by atoms with Gasteiger partial charge in [-0.2, -0.15) is 0 Å². The second-order valence-electron chi connectivity index (χ2n) is 6.36. The molecule has 0 aromatic carbocycles. The lowest BCUT2D eigenvalue weighted by atomic mass is 10.0. The fourth-order valence-electron chi connectivity index (χ4n) is 3.31. The summed E-state index contributed by atoms with van der Waals surface area (Å²) in [5.41, 5.74) is 0.215. The second kappa shape index (κ2) is 7.46. The maximum absolute atomic E-state index is 12.9. The van der Waals surface area contributed by atoms with E-state index < -0.39 is 5.69 Å². The first-order chi connectivity index (χ1) is 12.1. The number of carbonyl (C=O) groups is 1. The Balaban J connectivity index is 1.87. The van der Waals surface area contributed by atoms with Gasteiger partial charge in [0.15, 0.2) is 0 Å². The third-order valence-electron chi connectivity index (χ3n) is 4.73. The highest BCUT2D eigenvalue weighted by atomic mass is 16.2. The molecule has 1 saturated heterocycles. The lowest BCUT2D eigenvalue weighted by Crippen LogP contribution is -2.42. The van der Waals surface area contributed by atoms with Crippen LogP contribution in [0.4, 0.5) is 0 Å². The molecule has 7 heteroatoms. The standard InChI is InChI=1S/C18H22N4O3/c1-20-16(23)8-12-21(18(20)25)13-17(24)22-11-4-2-3-5-15(22)14-6-9-19-10-7-14/h6-10,12,15H,2-5,11,13H2,1H3. The fourth-order valence-corrected chi connectivity index (χ4v) is 3.31. The molecular weight excluding hydrogens is 320 g/mol. The molecule has 1 aliphatic rings. The maximum Gasteiger partial charge on any atom is 0.331 e. The molecule has 1 unspecified atom stereocenters. The minimum Gasteiger partial charge on any atom is -0.334 e. The van der Waals surface area contributed by atoms with E-state index in [1.165, 1.54) is 23.9 Å². The Bertz CT molecular complexity index is 857. The smallest absolute Gasteiger partial charge is 0.331 e. The van der Waals surface area contributed by atoms with Crippen molar-refractivity contribution >= 4 is 5.91 Å². The highest BCUT2D eigenvalue weighted by molar-refractivity contribution is 5.76. The lowest BCUT2D eigenvalue weighted by molar-refractivity contribution is -0.134. The van der Waals surface area contributed by atoms with Crippen molar-refractivity contribution in [2.24, 2.45) is 7.05 Å². The van der Waals surface area contributed by atoms with E-state index in [9.17, 15) is 14.4 Å². The molecule has 0 spiro atoms. The molecule has 0 radical (unpaired) electrons. The zero-order valence-corrected chi connectivity index (χ0v) is 14.3. The van der Waals surface area contributed by atoms with Gasteiger partial charge in [0, 0.05) is 38.2 Å². The van der Waals surface area contributed by atoms with Crippen molar-refractivity contribution in [1.82, 2.24) is 19.0 Å². The van der Waals surface area contributed by atoms with Crippen LogP contribution < -0.4 is 11.2 Å². The number of pyridine rings is 1. The minimum absolute atomic E-state index is 0.00114. The van der Waals surface area contributed by atoms with E-state index in [0.717, 1.165) is 35.8 Å². The molecule has 1 fully saturated rings. The number of likely N-dealkylation sites (tertiary alicyclic amines) is 1. The number of amides is 1. The van der Waals surface area contributed by atoms with Crippen molar-refractivity contribution in [1.29, 1.82) is 0 Å². The Kier molecular flexibility index (Phi) is 5.11. The first kappa shape index (κ1) is 17.1. The average molecular weight is 342 g/mol. The summed E-state index contributed by atoms with van der Waals surface area (Å²) in [4.78, 5) is 42.5. The van der Waals surface area contributed by atoms with Gasteiger partial charge in [-0.05, 0) is 30.5 Å². The van der Waals surface area contributed by atoms with Gasteiger partial charge in [-0.1, -0.05) is 12.8 Å². The van der Waals surface area contributed by atoms with E-state index >= 15 is 0 Å². The molecule has 7 nitrogen and oxygen atoms in total. The highest BCUT2D eigenvalue weighted by Crippen LogP contribution is 2.29. The van der Waals surface area contributed by atoms with Gasteiger partial charge in [0.2, 0.25) is 5.91 Å². The molecule has 25 heavy (non-hydrogen) atoms. The molecular formula is C18H22N4O3. The Morgan fingerprint density at radius 2 is 1.92 bits per heavy atom. The minimum atomic E-state index is -0.476. The van der Waals surface area contributed by atoms with Crippen LogP contribution >= 0.6 is 0 Å². The van der Waals surface area contributed by atoms with Gasteiger partial charge < -0.3 is 4.90 Å². The van der Waals surface area contributed by atoms with Crippen LogP contribution in [0.1, 0.15) is 37.3 Å². The number of hydrogen-bond donors (Lipinski definition) is 0. The first-order valence-electron chi connectivity index (χ1n) is 8.54. The van der Waals surface area contributed by atoms with Crippen LogP contribution in [0.15, 0.2) is 46.4 Å². The molecule has 0 bridgehead atoms. The number of aromatic nitrogens is 3. The fraction of sp³-hybridized carbons (Fsp3) is 0.444. The topological polar surface area (TPSA) is 77.2 Å². The van der Waals surface area contributed by atoms with E-state index in [1.807, 2.05) is 17.0 Å². The summed E-state index contributed by atoms with van der Waals surface area (Å²) in [6, 6.07) is 5.18. The van der Waals surface area contributed by atoms with Crippen LogP contribution in [0.2, 0.25) is 0 Å². The van der Waals surface area contributed by atoms with E-state index in [1.54, 1.807) is 12.4 Å². The predicted octanol–water partition coefficient (Wildman–Crippen LogP) is 1.09. The Hall–Kier alpha value is -2.70. The molecule has 1 amide bonds. The zero-order chi connectivity index (χ0) is 17.8. The highest BCUT2D eigenvalue weighted by Gasteiger charge is 2.27. The second-order valence-corrected chi connectivity index (χ2v) is 6.36. The third-order valence-corrected chi connectivity index (χ3v) is 4.73. The Morgan fingerprint density at radius 1 is 1.16 bits per heavy atom.